The molecule has 0 bridgehead atoms. The lowest BCUT2D eigenvalue weighted by atomic mass is 10.0. The summed E-state index contributed by atoms with van der Waals surface area (Å²) in [6.07, 6.45) is 0.823. The minimum atomic E-state index is -0.951. The van der Waals surface area contributed by atoms with Crippen LogP contribution in [0, 0.1) is 11.7 Å². The summed E-state index contributed by atoms with van der Waals surface area (Å²) in [5.41, 5.74) is 1.85. The number of carbonyl (C=O) groups is 2. The second-order valence-corrected chi connectivity index (χ2v) is 9.14. The van der Waals surface area contributed by atoms with Crippen LogP contribution in [0.1, 0.15) is 31.9 Å². The molecule has 0 spiro atoms. The molecule has 162 valence electrons. The Labute approximate surface area is 185 Å². The lowest BCUT2D eigenvalue weighted by Crippen LogP contribution is -2.44. The van der Waals surface area contributed by atoms with Crippen LogP contribution in [-0.4, -0.2) is 28.7 Å². The van der Waals surface area contributed by atoms with E-state index in [4.69, 9.17) is 0 Å². The van der Waals surface area contributed by atoms with Crippen molar-refractivity contribution in [3.63, 3.8) is 0 Å². The molecule has 1 N–H and O–H groups in total. The summed E-state index contributed by atoms with van der Waals surface area (Å²) >= 11 is 1.39. The summed E-state index contributed by atoms with van der Waals surface area (Å²) in [6, 6.07) is 13.0. The molecule has 0 aliphatic carbocycles. The zero-order chi connectivity index (χ0) is 22.1. The maximum Gasteiger partial charge on any atom is 0.247 e. The van der Waals surface area contributed by atoms with Crippen molar-refractivity contribution in [3.05, 3.63) is 59.9 Å². The first-order valence-electron chi connectivity index (χ1n) is 10.4. The predicted octanol–water partition coefficient (Wildman–Crippen LogP) is 4.66. The number of fused-ring (bicyclic) bond motifs is 3. The summed E-state index contributed by atoms with van der Waals surface area (Å²) in [6.45, 7) is 4.68. The van der Waals surface area contributed by atoms with E-state index in [-0.39, 0.29) is 23.3 Å². The second kappa shape index (κ2) is 8.75. The number of nitrogens with one attached hydrogen (secondary N) is 1. The molecule has 1 aliphatic rings. The van der Waals surface area contributed by atoms with Gasteiger partial charge in [0.2, 0.25) is 11.8 Å². The smallest absolute Gasteiger partial charge is 0.247 e. The molecular weight excluding hydrogens is 413 g/mol. The van der Waals surface area contributed by atoms with Gasteiger partial charge < -0.3 is 9.88 Å². The number of halogens is 1. The fraction of sp³-hybridized carbons (Fsp3) is 0.333. The molecule has 1 aromatic heterocycles. The molecule has 0 radical (unpaired) electrons. The summed E-state index contributed by atoms with van der Waals surface area (Å²) in [4.78, 5) is 28.1. The van der Waals surface area contributed by atoms with E-state index in [0.717, 1.165) is 27.9 Å². The fourth-order valence-corrected chi connectivity index (χ4v) is 5.13. The third kappa shape index (κ3) is 3.94. The second-order valence-electron chi connectivity index (χ2n) is 8.17. The van der Waals surface area contributed by atoms with Gasteiger partial charge in [-0.2, -0.15) is 0 Å². The number of para-hydroxylation sites is 2. The van der Waals surface area contributed by atoms with Crippen molar-refractivity contribution < 1.29 is 14.0 Å². The van der Waals surface area contributed by atoms with Crippen LogP contribution in [-0.2, 0) is 16.6 Å². The van der Waals surface area contributed by atoms with Gasteiger partial charge in [-0.15, -0.1) is 0 Å². The van der Waals surface area contributed by atoms with Crippen molar-refractivity contribution in [1.29, 1.82) is 0 Å². The maximum absolute atomic E-state index is 14.8. The van der Waals surface area contributed by atoms with Gasteiger partial charge in [0.15, 0.2) is 0 Å². The van der Waals surface area contributed by atoms with Crippen molar-refractivity contribution >= 4 is 40.2 Å². The van der Waals surface area contributed by atoms with Crippen LogP contribution in [0.3, 0.4) is 0 Å². The number of hydrogen-bond acceptors (Lipinski definition) is 3. The molecule has 31 heavy (non-hydrogen) atoms. The molecule has 2 heterocycles. The Hall–Kier alpha value is -2.80. The highest BCUT2D eigenvalue weighted by molar-refractivity contribution is 8.00. The third-order valence-corrected chi connectivity index (χ3v) is 6.76. The number of carbonyl (C=O) groups excluding carboxylic acids is 2. The van der Waals surface area contributed by atoms with Gasteiger partial charge in [-0.05, 0) is 30.5 Å². The van der Waals surface area contributed by atoms with Gasteiger partial charge in [0, 0.05) is 30.1 Å². The molecule has 0 saturated carbocycles. The minimum Gasteiger partial charge on any atom is -0.354 e. The molecule has 0 saturated heterocycles. The zero-order valence-corrected chi connectivity index (χ0v) is 18.7. The fourth-order valence-electron chi connectivity index (χ4n) is 4.06. The number of benzene rings is 2. The lowest BCUT2D eigenvalue weighted by molar-refractivity contribution is -0.125. The Balaban J connectivity index is 1.90. The van der Waals surface area contributed by atoms with Crippen molar-refractivity contribution in [2.24, 2.45) is 13.0 Å². The van der Waals surface area contributed by atoms with Crippen molar-refractivity contribution in [2.45, 2.75) is 31.3 Å². The van der Waals surface area contributed by atoms with E-state index in [0.29, 0.717) is 12.5 Å². The number of rotatable bonds is 5. The highest BCUT2D eigenvalue weighted by Gasteiger charge is 2.40. The first-order valence-corrected chi connectivity index (χ1v) is 11.4. The molecule has 3 aromatic rings. The van der Waals surface area contributed by atoms with Gasteiger partial charge in [0.05, 0.1) is 16.5 Å². The van der Waals surface area contributed by atoms with Crippen LogP contribution < -0.4 is 10.2 Å². The average Bonchev–Trinajstić information content (AvgIpc) is 2.92. The van der Waals surface area contributed by atoms with E-state index in [1.807, 2.05) is 35.9 Å². The molecule has 1 aliphatic heterocycles. The normalized spacial score (nSPS) is 16.5. The summed E-state index contributed by atoms with van der Waals surface area (Å²) in [5.74, 6) is -0.551. The average molecular weight is 440 g/mol. The summed E-state index contributed by atoms with van der Waals surface area (Å²) < 4.78 is 16.8. The summed E-state index contributed by atoms with van der Waals surface area (Å²) in [7, 11) is 1.94. The van der Waals surface area contributed by atoms with Gasteiger partial charge in [-0.25, -0.2) is 4.39 Å². The van der Waals surface area contributed by atoms with E-state index in [2.05, 4.69) is 19.2 Å². The van der Waals surface area contributed by atoms with Gasteiger partial charge in [-0.1, -0.05) is 55.9 Å². The molecule has 5 nitrogen and oxygen atoms in total. The van der Waals surface area contributed by atoms with E-state index in [9.17, 15) is 14.0 Å². The molecule has 4 rings (SSSR count). The molecule has 0 fully saturated rings. The highest BCUT2D eigenvalue weighted by Crippen LogP contribution is 2.43. The zero-order valence-electron chi connectivity index (χ0n) is 17.9. The lowest BCUT2D eigenvalue weighted by Gasteiger charge is -2.30. The molecular formula is C24H26FN3O2S. The molecule has 7 heteroatoms. The van der Waals surface area contributed by atoms with Gasteiger partial charge >= 0.3 is 0 Å². The maximum atomic E-state index is 14.8. The molecule has 2 amide bonds. The number of hydrogen-bond donors (Lipinski definition) is 1. The number of aryl methyl sites for hydroxylation is 1. The standard InChI is InChI=1S/C24H26FN3O2S/c1-15(2)12-13-26-23(30)22-21-16-8-4-6-10-18(16)27(3)24(21)31-14-20(29)28(22)19-11-7-5-9-17(19)25/h4-11,15,22H,12-14H2,1-3H3,(H,26,30). The Kier molecular flexibility index (Phi) is 6.05. The number of thioether (sulfide) groups is 1. The largest absolute Gasteiger partial charge is 0.354 e. The highest BCUT2D eigenvalue weighted by atomic mass is 32.2. The van der Waals surface area contributed by atoms with E-state index >= 15 is 0 Å². The number of nitrogens with zero attached hydrogens (tertiary/aromatic N) is 2. The quantitative estimate of drug-likeness (QED) is 0.629. The van der Waals surface area contributed by atoms with Gasteiger partial charge in [0.25, 0.3) is 0 Å². The minimum absolute atomic E-state index is 0.123. The summed E-state index contributed by atoms with van der Waals surface area (Å²) in [5, 5.41) is 4.75. The van der Waals surface area contributed by atoms with Crippen molar-refractivity contribution in [1.82, 2.24) is 9.88 Å². The van der Waals surface area contributed by atoms with Crippen LogP contribution in [0.2, 0.25) is 0 Å². The van der Waals surface area contributed by atoms with Gasteiger partial charge in [0.1, 0.15) is 11.9 Å². The Morgan fingerprint density at radius 1 is 1.19 bits per heavy atom. The molecule has 1 atom stereocenters. The van der Waals surface area contributed by atoms with Crippen LogP contribution in [0.15, 0.2) is 53.6 Å². The number of anilines is 1. The van der Waals surface area contributed by atoms with Crippen molar-refractivity contribution in [2.75, 3.05) is 17.2 Å². The first-order chi connectivity index (χ1) is 14.9. The van der Waals surface area contributed by atoms with Crippen LogP contribution >= 0.6 is 11.8 Å². The third-order valence-electron chi connectivity index (χ3n) is 5.60. The van der Waals surface area contributed by atoms with Gasteiger partial charge in [-0.3, -0.25) is 14.5 Å². The predicted molar refractivity (Wildman–Crippen MR) is 123 cm³/mol. The molecule has 1 unspecified atom stereocenters. The number of aromatic nitrogens is 1. The van der Waals surface area contributed by atoms with Crippen molar-refractivity contribution in [3.8, 4) is 0 Å². The Morgan fingerprint density at radius 3 is 2.65 bits per heavy atom. The van der Waals surface area contributed by atoms with Crippen LogP contribution in [0.4, 0.5) is 10.1 Å². The van der Waals surface area contributed by atoms with Crippen LogP contribution in [0.25, 0.3) is 10.9 Å². The number of amides is 2. The topological polar surface area (TPSA) is 54.3 Å². The van der Waals surface area contributed by atoms with E-state index in [1.165, 1.54) is 22.7 Å². The Morgan fingerprint density at radius 2 is 1.90 bits per heavy atom. The SMILES string of the molecule is CC(C)CCNC(=O)C1c2c(n(C)c3ccccc23)SCC(=O)N1c1ccccc1F. The first kappa shape index (κ1) is 21.4. The van der Waals surface area contributed by atoms with Crippen LogP contribution in [0.5, 0.6) is 0 Å². The molecule has 2 aromatic carbocycles. The monoisotopic (exact) mass is 439 g/mol. The Bertz CT molecular complexity index is 1140. The van der Waals surface area contributed by atoms with E-state index in [1.54, 1.807) is 18.2 Å². The van der Waals surface area contributed by atoms with E-state index < -0.39 is 11.9 Å².